The highest BCUT2D eigenvalue weighted by Crippen LogP contribution is 2.43. The molecule has 2 aliphatic rings. The van der Waals surface area contributed by atoms with Gasteiger partial charge >= 0.3 is 0 Å². The summed E-state index contributed by atoms with van der Waals surface area (Å²) in [6, 6.07) is 0. The first-order chi connectivity index (χ1) is 8.29. The van der Waals surface area contributed by atoms with Gasteiger partial charge in [-0.2, -0.15) is 0 Å². The van der Waals surface area contributed by atoms with Crippen molar-refractivity contribution in [2.75, 3.05) is 19.0 Å². The maximum absolute atomic E-state index is 5.68. The van der Waals surface area contributed by atoms with Gasteiger partial charge in [0.2, 0.25) is 0 Å². The summed E-state index contributed by atoms with van der Waals surface area (Å²) in [6.07, 6.45) is 4.81. The van der Waals surface area contributed by atoms with Crippen molar-refractivity contribution in [1.29, 1.82) is 0 Å². The number of ether oxygens (including phenoxy) is 1. The number of aromatic nitrogens is 2. The van der Waals surface area contributed by atoms with Gasteiger partial charge in [0.05, 0.1) is 9.26 Å². The van der Waals surface area contributed by atoms with Crippen LogP contribution in [0.2, 0.25) is 0 Å². The zero-order valence-electron chi connectivity index (χ0n) is 9.87. The number of nitrogens with zero attached hydrogens (tertiary/aromatic N) is 2. The lowest BCUT2D eigenvalue weighted by atomic mass is 10.2. The van der Waals surface area contributed by atoms with E-state index in [1.165, 1.54) is 22.1 Å². The molecule has 5 heteroatoms. The number of hydrogen-bond donors (Lipinski definition) is 1. The molecule has 4 nitrogen and oxygen atoms in total. The van der Waals surface area contributed by atoms with Crippen LogP contribution in [-0.2, 0) is 4.74 Å². The second-order valence-electron chi connectivity index (χ2n) is 4.66. The highest BCUT2D eigenvalue weighted by atomic mass is 127. The zero-order valence-corrected chi connectivity index (χ0v) is 12.0. The third-order valence-electron chi connectivity index (χ3n) is 3.31. The summed E-state index contributed by atoms with van der Waals surface area (Å²) in [5, 5.41) is 3.17. The molecule has 17 heavy (non-hydrogen) atoms. The molecule has 3 rings (SSSR count). The van der Waals surface area contributed by atoms with Gasteiger partial charge in [-0.3, -0.25) is 0 Å². The van der Waals surface area contributed by atoms with Crippen LogP contribution in [0.4, 0.5) is 5.82 Å². The van der Waals surface area contributed by atoms with Crippen molar-refractivity contribution in [3.63, 3.8) is 0 Å². The SMILES string of the molecule is CNc1nc(C2CCCO2)nc(C2CC2)c1I. The first-order valence-corrected chi connectivity index (χ1v) is 7.24. The molecule has 0 aromatic carbocycles. The van der Waals surface area contributed by atoms with Gasteiger partial charge in [-0.1, -0.05) is 0 Å². The summed E-state index contributed by atoms with van der Waals surface area (Å²) in [5.41, 5.74) is 1.22. The van der Waals surface area contributed by atoms with Gasteiger partial charge in [-0.25, -0.2) is 9.97 Å². The highest BCUT2D eigenvalue weighted by Gasteiger charge is 2.31. The van der Waals surface area contributed by atoms with Crippen LogP contribution in [0.3, 0.4) is 0 Å². The number of halogens is 1. The molecule has 0 bridgehead atoms. The first kappa shape index (κ1) is 11.6. The summed E-state index contributed by atoms with van der Waals surface area (Å²) in [7, 11) is 1.92. The molecule has 1 atom stereocenters. The number of hydrogen-bond acceptors (Lipinski definition) is 4. The van der Waals surface area contributed by atoms with Gasteiger partial charge in [0.15, 0.2) is 5.82 Å². The predicted molar refractivity (Wildman–Crippen MR) is 74.2 cm³/mol. The van der Waals surface area contributed by atoms with Crippen LogP contribution in [0, 0.1) is 3.57 Å². The Morgan fingerprint density at radius 3 is 2.71 bits per heavy atom. The molecule has 1 N–H and O–H groups in total. The highest BCUT2D eigenvalue weighted by molar-refractivity contribution is 14.1. The van der Waals surface area contributed by atoms with Crippen LogP contribution >= 0.6 is 22.6 Å². The second kappa shape index (κ2) is 4.68. The van der Waals surface area contributed by atoms with Crippen LogP contribution in [-0.4, -0.2) is 23.6 Å². The normalized spacial score (nSPS) is 24.0. The summed E-state index contributed by atoms with van der Waals surface area (Å²) < 4.78 is 6.85. The summed E-state index contributed by atoms with van der Waals surface area (Å²) >= 11 is 2.35. The lowest BCUT2D eigenvalue weighted by Crippen LogP contribution is -2.10. The minimum atomic E-state index is 0.108. The summed E-state index contributed by atoms with van der Waals surface area (Å²) in [5.74, 6) is 2.47. The standard InChI is InChI=1S/C12H16IN3O/c1-14-12-9(13)10(7-4-5-7)15-11(16-12)8-3-2-6-17-8/h7-8H,2-6H2,1H3,(H,14,15,16). The molecule has 92 valence electrons. The Kier molecular flexibility index (Phi) is 3.21. The van der Waals surface area contributed by atoms with E-state index in [2.05, 4.69) is 32.9 Å². The van der Waals surface area contributed by atoms with Crippen LogP contribution in [0.5, 0.6) is 0 Å². The fourth-order valence-corrected chi connectivity index (χ4v) is 3.15. The Morgan fingerprint density at radius 1 is 1.29 bits per heavy atom. The van der Waals surface area contributed by atoms with E-state index in [0.29, 0.717) is 5.92 Å². The molecule has 1 aromatic heterocycles. The van der Waals surface area contributed by atoms with Crippen molar-refractivity contribution in [3.8, 4) is 0 Å². The molecule has 0 radical (unpaired) electrons. The minimum absolute atomic E-state index is 0.108. The number of anilines is 1. The van der Waals surface area contributed by atoms with E-state index in [9.17, 15) is 0 Å². The average Bonchev–Trinajstić information content (AvgIpc) is 3.04. The summed E-state index contributed by atoms with van der Waals surface area (Å²) in [4.78, 5) is 9.33. The smallest absolute Gasteiger partial charge is 0.159 e. The Labute approximate surface area is 115 Å². The van der Waals surface area contributed by atoms with Gasteiger partial charge in [0, 0.05) is 19.6 Å². The Morgan fingerprint density at radius 2 is 2.12 bits per heavy atom. The van der Waals surface area contributed by atoms with Gasteiger partial charge in [0.1, 0.15) is 11.9 Å². The molecule has 2 fully saturated rings. The topological polar surface area (TPSA) is 47.0 Å². The molecule has 2 heterocycles. The molecule has 1 saturated heterocycles. The van der Waals surface area contributed by atoms with E-state index in [1.54, 1.807) is 0 Å². The average molecular weight is 345 g/mol. The maximum atomic E-state index is 5.68. The quantitative estimate of drug-likeness (QED) is 0.856. The summed E-state index contributed by atoms with van der Waals surface area (Å²) in [6.45, 7) is 0.841. The minimum Gasteiger partial charge on any atom is -0.372 e. The molecular weight excluding hydrogens is 329 g/mol. The van der Waals surface area contributed by atoms with E-state index < -0.39 is 0 Å². The fourth-order valence-electron chi connectivity index (χ4n) is 2.20. The van der Waals surface area contributed by atoms with E-state index >= 15 is 0 Å². The van der Waals surface area contributed by atoms with Crippen LogP contribution in [0.15, 0.2) is 0 Å². The van der Waals surface area contributed by atoms with Gasteiger partial charge in [0.25, 0.3) is 0 Å². The van der Waals surface area contributed by atoms with E-state index in [4.69, 9.17) is 9.72 Å². The second-order valence-corrected chi connectivity index (χ2v) is 5.73. The lowest BCUT2D eigenvalue weighted by molar-refractivity contribution is 0.105. The van der Waals surface area contributed by atoms with Crippen molar-refractivity contribution in [3.05, 3.63) is 15.1 Å². The molecule has 1 unspecified atom stereocenters. The maximum Gasteiger partial charge on any atom is 0.159 e. The molecule has 0 amide bonds. The monoisotopic (exact) mass is 345 g/mol. The predicted octanol–water partition coefficient (Wildman–Crippen LogP) is 2.85. The van der Waals surface area contributed by atoms with E-state index in [-0.39, 0.29) is 6.10 Å². The Hall–Kier alpha value is -0.430. The van der Waals surface area contributed by atoms with Gasteiger partial charge in [-0.15, -0.1) is 0 Å². The van der Waals surface area contributed by atoms with Crippen LogP contribution in [0.25, 0.3) is 0 Å². The van der Waals surface area contributed by atoms with Gasteiger partial charge in [-0.05, 0) is 48.3 Å². The Balaban J connectivity index is 2.00. The lowest BCUT2D eigenvalue weighted by Gasteiger charge is -2.14. The largest absolute Gasteiger partial charge is 0.372 e. The van der Waals surface area contributed by atoms with Gasteiger partial charge < -0.3 is 10.1 Å². The van der Waals surface area contributed by atoms with Crippen molar-refractivity contribution in [1.82, 2.24) is 9.97 Å². The van der Waals surface area contributed by atoms with E-state index in [0.717, 1.165) is 31.1 Å². The number of rotatable bonds is 3. The molecule has 1 saturated carbocycles. The molecular formula is C12H16IN3O. The zero-order chi connectivity index (χ0) is 11.8. The number of nitrogens with one attached hydrogen (secondary N) is 1. The first-order valence-electron chi connectivity index (χ1n) is 6.16. The van der Waals surface area contributed by atoms with Crippen molar-refractivity contribution >= 4 is 28.4 Å². The third kappa shape index (κ3) is 2.27. The fraction of sp³-hybridized carbons (Fsp3) is 0.667. The van der Waals surface area contributed by atoms with Crippen LogP contribution < -0.4 is 5.32 Å². The van der Waals surface area contributed by atoms with Crippen molar-refractivity contribution in [2.24, 2.45) is 0 Å². The molecule has 1 aliphatic heterocycles. The van der Waals surface area contributed by atoms with E-state index in [1.807, 2.05) is 7.05 Å². The molecule has 1 aromatic rings. The third-order valence-corrected chi connectivity index (χ3v) is 4.38. The van der Waals surface area contributed by atoms with Crippen molar-refractivity contribution in [2.45, 2.75) is 37.7 Å². The Bertz CT molecular complexity index is 428. The van der Waals surface area contributed by atoms with Crippen LogP contribution in [0.1, 0.15) is 49.2 Å². The molecule has 0 spiro atoms. The molecule has 1 aliphatic carbocycles. The van der Waals surface area contributed by atoms with Crippen molar-refractivity contribution < 1.29 is 4.74 Å².